The van der Waals surface area contributed by atoms with E-state index < -0.39 is 0 Å². The van der Waals surface area contributed by atoms with E-state index in [0.29, 0.717) is 0 Å². The lowest BCUT2D eigenvalue weighted by molar-refractivity contribution is -0.903. The molecule has 0 saturated heterocycles. The molecule has 0 spiro atoms. The molecule has 1 rings (SSSR count). The van der Waals surface area contributed by atoms with Gasteiger partial charge >= 0.3 is 0 Å². The summed E-state index contributed by atoms with van der Waals surface area (Å²) < 4.78 is 1.02. The Morgan fingerprint density at radius 3 is 2.33 bits per heavy atom. The number of hydrogen-bond acceptors (Lipinski definition) is 0. The summed E-state index contributed by atoms with van der Waals surface area (Å²) in [7, 11) is 4.52. The molecule has 0 atom stereocenters. The van der Waals surface area contributed by atoms with Crippen LogP contribution in [0.5, 0.6) is 0 Å². The average molecular weight is 270 g/mol. The lowest BCUT2D eigenvalue weighted by Crippen LogP contribution is -3.00. The second kappa shape index (κ2) is 6.81. The topological polar surface area (TPSA) is 0 Å². The zero-order chi connectivity index (χ0) is 10.4. The van der Waals surface area contributed by atoms with Gasteiger partial charge in [-0.25, -0.2) is 0 Å². The first-order valence-electron chi connectivity index (χ1n) is 5.11. The van der Waals surface area contributed by atoms with Gasteiger partial charge in [-0.15, -0.1) is 6.58 Å². The van der Waals surface area contributed by atoms with E-state index >= 15 is 0 Å². The number of rotatable bonds is 5. The van der Waals surface area contributed by atoms with Crippen molar-refractivity contribution in [3.63, 3.8) is 0 Å². The molecule has 15 heavy (non-hydrogen) atoms. The van der Waals surface area contributed by atoms with E-state index in [1.165, 1.54) is 5.56 Å². The van der Waals surface area contributed by atoms with E-state index in [0.717, 1.165) is 24.0 Å². The van der Waals surface area contributed by atoms with Gasteiger partial charge < -0.3 is 21.5 Å². The molecule has 0 radical (unpaired) electrons. The summed E-state index contributed by atoms with van der Waals surface area (Å²) in [4.78, 5) is 0. The Morgan fingerprint density at radius 1 is 1.20 bits per heavy atom. The third kappa shape index (κ3) is 5.75. The van der Waals surface area contributed by atoms with Crippen molar-refractivity contribution in [2.45, 2.75) is 13.0 Å². The highest BCUT2D eigenvalue weighted by atomic mass is 79.9. The van der Waals surface area contributed by atoms with Crippen molar-refractivity contribution < 1.29 is 21.5 Å². The van der Waals surface area contributed by atoms with Crippen molar-refractivity contribution in [1.82, 2.24) is 0 Å². The van der Waals surface area contributed by atoms with Gasteiger partial charge in [0.1, 0.15) is 6.54 Å². The minimum atomic E-state index is 0. The third-order valence-electron chi connectivity index (χ3n) is 2.39. The molecule has 1 aromatic rings. The van der Waals surface area contributed by atoms with Gasteiger partial charge in [-0.3, -0.25) is 0 Å². The fourth-order valence-electron chi connectivity index (χ4n) is 1.60. The van der Waals surface area contributed by atoms with Crippen molar-refractivity contribution in [3.8, 4) is 0 Å². The number of quaternary nitrogens is 1. The normalized spacial score (nSPS) is 10.5. The summed E-state index contributed by atoms with van der Waals surface area (Å²) >= 11 is 0. The van der Waals surface area contributed by atoms with Crippen molar-refractivity contribution in [2.24, 2.45) is 0 Å². The van der Waals surface area contributed by atoms with E-state index in [9.17, 15) is 0 Å². The van der Waals surface area contributed by atoms with Crippen LogP contribution in [0.3, 0.4) is 0 Å². The average Bonchev–Trinajstić information content (AvgIpc) is 2.16. The van der Waals surface area contributed by atoms with Crippen molar-refractivity contribution in [2.75, 3.05) is 20.6 Å². The second-order valence-corrected chi connectivity index (χ2v) is 4.38. The lowest BCUT2D eigenvalue weighted by atomic mass is 10.2. The molecule has 84 valence electrons. The van der Waals surface area contributed by atoms with Crippen LogP contribution < -0.4 is 17.0 Å². The molecule has 0 heterocycles. The molecule has 0 N–H and O–H groups in total. The molecule has 0 aliphatic carbocycles. The van der Waals surface area contributed by atoms with Crippen LogP contribution in [-0.2, 0) is 6.54 Å². The van der Waals surface area contributed by atoms with Gasteiger partial charge in [-0.1, -0.05) is 36.4 Å². The first kappa shape index (κ1) is 14.4. The Morgan fingerprint density at radius 2 is 1.80 bits per heavy atom. The number of benzene rings is 1. The summed E-state index contributed by atoms with van der Waals surface area (Å²) in [6.45, 7) is 6.00. The molecule has 0 amide bonds. The summed E-state index contributed by atoms with van der Waals surface area (Å²) in [5.74, 6) is 0. The SMILES string of the molecule is C=CCC[N+](C)(C)Cc1ccccc1.[Br-]. The van der Waals surface area contributed by atoms with E-state index in [2.05, 4.69) is 51.0 Å². The van der Waals surface area contributed by atoms with Crippen LogP contribution >= 0.6 is 0 Å². The van der Waals surface area contributed by atoms with Gasteiger partial charge in [0.05, 0.1) is 20.6 Å². The molecule has 0 fully saturated rings. The van der Waals surface area contributed by atoms with Gasteiger partial charge in [0.25, 0.3) is 0 Å². The lowest BCUT2D eigenvalue weighted by Gasteiger charge is -2.29. The maximum atomic E-state index is 3.76. The van der Waals surface area contributed by atoms with Gasteiger partial charge in [-0.05, 0) is 0 Å². The second-order valence-electron chi connectivity index (χ2n) is 4.38. The van der Waals surface area contributed by atoms with E-state index in [1.54, 1.807) is 0 Å². The zero-order valence-corrected chi connectivity index (χ0v) is 11.2. The fraction of sp³-hybridized carbons (Fsp3) is 0.385. The monoisotopic (exact) mass is 269 g/mol. The summed E-state index contributed by atoms with van der Waals surface area (Å²) in [6.07, 6.45) is 3.07. The maximum Gasteiger partial charge on any atom is 0.104 e. The molecule has 0 bridgehead atoms. The van der Waals surface area contributed by atoms with Gasteiger partial charge in [-0.2, -0.15) is 0 Å². The zero-order valence-electron chi connectivity index (χ0n) is 9.62. The summed E-state index contributed by atoms with van der Waals surface area (Å²) in [6, 6.07) is 10.6. The number of halogens is 1. The number of nitrogens with zero attached hydrogens (tertiary/aromatic N) is 1. The smallest absolute Gasteiger partial charge is 0.104 e. The Hall–Kier alpha value is -0.600. The van der Waals surface area contributed by atoms with E-state index in [-0.39, 0.29) is 17.0 Å². The number of hydrogen-bond donors (Lipinski definition) is 0. The Bertz CT molecular complexity index is 280. The molecule has 0 aliphatic heterocycles. The van der Waals surface area contributed by atoms with Crippen LogP contribution in [0.4, 0.5) is 0 Å². The van der Waals surface area contributed by atoms with Crippen LogP contribution in [0.25, 0.3) is 0 Å². The van der Waals surface area contributed by atoms with Gasteiger partial charge in [0.15, 0.2) is 0 Å². The Labute approximate surface area is 104 Å². The highest BCUT2D eigenvalue weighted by molar-refractivity contribution is 5.13. The van der Waals surface area contributed by atoms with Crippen LogP contribution in [0.15, 0.2) is 43.0 Å². The molecule has 2 heteroatoms. The Kier molecular flexibility index (Phi) is 6.53. The molecule has 0 aromatic heterocycles. The highest BCUT2D eigenvalue weighted by Gasteiger charge is 2.13. The fourth-order valence-corrected chi connectivity index (χ4v) is 1.60. The van der Waals surface area contributed by atoms with E-state index in [1.807, 2.05) is 6.08 Å². The maximum absolute atomic E-state index is 3.76. The molecule has 1 nitrogen and oxygen atoms in total. The third-order valence-corrected chi connectivity index (χ3v) is 2.39. The van der Waals surface area contributed by atoms with Crippen molar-refractivity contribution >= 4 is 0 Å². The summed E-state index contributed by atoms with van der Waals surface area (Å²) in [5, 5.41) is 0. The standard InChI is InChI=1S/C13H20N.BrH/c1-4-5-11-14(2,3)12-13-9-7-6-8-10-13;/h4,6-10H,1,5,11-12H2,2-3H3;1H/q+1;/p-1. The minimum absolute atomic E-state index is 0. The molecule has 0 saturated carbocycles. The van der Waals surface area contributed by atoms with Crippen molar-refractivity contribution in [1.29, 1.82) is 0 Å². The highest BCUT2D eigenvalue weighted by Crippen LogP contribution is 2.09. The van der Waals surface area contributed by atoms with Crippen molar-refractivity contribution in [3.05, 3.63) is 48.6 Å². The van der Waals surface area contributed by atoms with Crippen LogP contribution in [0.2, 0.25) is 0 Å². The van der Waals surface area contributed by atoms with Crippen LogP contribution in [0, 0.1) is 0 Å². The van der Waals surface area contributed by atoms with Gasteiger partial charge in [0.2, 0.25) is 0 Å². The van der Waals surface area contributed by atoms with Crippen LogP contribution in [0.1, 0.15) is 12.0 Å². The quantitative estimate of drug-likeness (QED) is 0.515. The largest absolute Gasteiger partial charge is 1.00 e. The molecule has 1 aromatic carbocycles. The molecular weight excluding hydrogens is 250 g/mol. The Balaban J connectivity index is 0.00000196. The molecule has 0 aliphatic rings. The first-order valence-corrected chi connectivity index (χ1v) is 5.11. The minimum Gasteiger partial charge on any atom is -1.00 e. The molecular formula is C13H20BrN. The van der Waals surface area contributed by atoms with Crippen LogP contribution in [-0.4, -0.2) is 25.1 Å². The van der Waals surface area contributed by atoms with Gasteiger partial charge in [0, 0.05) is 12.0 Å². The first-order chi connectivity index (χ1) is 6.64. The van der Waals surface area contributed by atoms with E-state index in [4.69, 9.17) is 0 Å². The predicted octanol–water partition coefficient (Wildman–Crippen LogP) is -0.157. The summed E-state index contributed by atoms with van der Waals surface area (Å²) in [5.41, 5.74) is 1.40. The predicted molar refractivity (Wildman–Crippen MR) is 61.9 cm³/mol. The molecule has 0 unspecified atom stereocenters.